The summed E-state index contributed by atoms with van der Waals surface area (Å²) < 4.78 is 5.48. The van der Waals surface area contributed by atoms with Crippen molar-refractivity contribution in [3.8, 4) is 5.75 Å². The van der Waals surface area contributed by atoms with Crippen molar-refractivity contribution in [2.24, 2.45) is 0 Å². The van der Waals surface area contributed by atoms with Gasteiger partial charge in [0.2, 0.25) is 0 Å². The minimum absolute atomic E-state index is 0.0595. The lowest BCUT2D eigenvalue weighted by atomic mass is 9.96. The van der Waals surface area contributed by atoms with Gasteiger partial charge in [-0.25, -0.2) is 0 Å². The highest BCUT2D eigenvalue weighted by Crippen LogP contribution is 2.23. The maximum absolute atomic E-state index is 13.6. The Bertz CT molecular complexity index is 1140. The molecule has 4 rings (SSSR count). The Kier molecular flexibility index (Phi) is 7.60. The molecule has 1 fully saturated rings. The Morgan fingerprint density at radius 2 is 1.65 bits per heavy atom. The van der Waals surface area contributed by atoms with Crippen LogP contribution in [0.25, 0.3) is 0 Å². The van der Waals surface area contributed by atoms with Gasteiger partial charge in [0, 0.05) is 30.8 Å². The fourth-order valence-electron chi connectivity index (χ4n) is 4.26. The van der Waals surface area contributed by atoms with E-state index in [9.17, 15) is 14.7 Å². The molecule has 1 saturated heterocycles. The number of rotatable bonds is 8. The van der Waals surface area contributed by atoms with Gasteiger partial charge in [0.15, 0.2) is 5.78 Å². The van der Waals surface area contributed by atoms with E-state index in [-0.39, 0.29) is 23.9 Å². The molecule has 1 atom stereocenters. The first-order valence-corrected chi connectivity index (χ1v) is 11.6. The number of ketones is 1. The van der Waals surface area contributed by atoms with Gasteiger partial charge < -0.3 is 20.1 Å². The van der Waals surface area contributed by atoms with Gasteiger partial charge in [0.05, 0.1) is 19.3 Å². The van der Waals surface area contributed by atoms with Crippen LogP contribution >= 0.6 is 0 Å². The van der Waals surface area contributed by atoms with E-state index in [1.807, 2.05) is 49.4 Å². The molecule has 2 N–H and O–H groups in total. The number of morpholine rings is 1. The SMILES string of the molecule is Cc1ccccc1C(=O)NC(Cc1ccc(O)cc1)C(=O)Cc1ccccc1N1CCOCC1. The summed E-state index contributed by atoms with van der Waals surface area (Å²) in [6.07, 6.45) is 0.556. The zero-order valence-electron chi connectivity index (χ0n) is 19.4. The van der Waals surface area contributed by atoms with E-state index >= 15 is 0 Å². The number of aryl methyl sites for hydroxylation is 1. The van der Waals surface area contributed by atoms with E-state index in [1.165, 1.54) is 0 Å². The molecule has 1 amide bonds. The van der Waals surface area contributed by atoms with Gasteiger partial charge in [-0.3, -0.25) is 9.59 Å². The fourth-order valence-corrected chi connectivity index (χ4v) is 4.26. The highest BCUT2D eigenvalue weighted by atomic mass is 16.5. The van der Waals surface area contributed by atoms with Crippen LogP contribution in [-0.2, 0) is 22.4 Å². The number of aromatic hydroxyl groups is 1. The lowest BCUT2D eigenvalue weighted by Gasteiger charge is -2.30. The molecule has 6 nitrogen and oxygen atoms in total. The summed E-state index contributed by atoms with van der Waals surface area (Å²) in [4.78, 5) is 28.9. The van der Waals surface area contributed by atoms with Crippen molar-refractivity contribution in [1.82, 2.24) is 5.32 Å². The first kappa shape index (κ1) is 23.5. The van der Waals surface area contributed by atoms with Gasteiger partial charge in [-0.1, -0.05) is 48.5 Å². The Hall–Kier alpha value is -3.64. The van der Waals surface area contributed by atoms with Crippen molar-refractivity contribution in [2.45, 2.75) is 25.8 Å². The lowest BCUT2D eigenvalue weighted by Crippen LogP contribution is -2.43. The molecule has 3 aromatic carbocycles. The molecule has 34 heavy (non-hydrogen) atoms. The molecule has 0 radical (unpaired) electrons. The second-order valence-electron chi connectivity index (χ2n) is 8.58. The molecule has 0 aliphatic carbocycles. The van der Waals surface area contributed by atoms with Crippen LogP contribution in [0.4, 0.5) is 5.69 Å². The summed E-state index contributed by atoms with van der Waals surface area (Å²) in [5, 5.41) is 12.6. The third-order valence-electron chi connectivity index (χ3n) is 6.17. The summed E-state index contributed by atoms with van der Waals surface area (Å²) >= 11 is 0. The van der Waals surface area contributed by atoms with Gasteiger partial charge in [-0.05, 0) is 54.3 Å². The third kappa shape index (κ3) is 5.83. The standard InChI is InChI=1S/C28H30N2O4/c1-20-6-2-4-8-24(20)28(33)29-25(18-21-10-12-23(31)13-11-21)27(32)19-22-7-3-5-9-26(22)30-14-16-34-17-15-30/h2-13,25,31H,14-19H2,1H3,(H,29,33). The second kappa shape index (κ2) is 11.0. The van der Waals surface area contributed by atoms with Gasteiger partial charge in [-0.15, -0.1) is 0 Å². The molecule has 1 aliphatic heterocycles. The fraction of sp³-hybridized carbons (Fsp3) is 0.286. The summed E-state index contributed by atoms with van der Waals surface area (Å²) in [6.45, 7) is 4.78. The number of hydrogen-bond acceptors (Lipinski definition) is 5. The summed E-state index contributed by atoms with van der Waals surface area (Å²) in [7, 11) is 0. The van der Waals surface area contributed by atoms with Crippen molar-refractivity contribution >= 4 is 17.4 Å². The Morgan fingerprint density at radius 1 is 0.971 bits per heavy atom. The first-order chi connectivity index (χ1) is 16.5. The van der Waals surface area contributed by atoms with E-state index < -0.39 is 6.04 Å². The van der Waals surface area contributed by atoms with E-state index in [0.29, 0.717) is 25.2 Å². The Labute approximate surface area is 200 Å². The number of phenols is 1. The van der Waals surface area contributed by atoms with E-state index in [0.717, 1.165) is 35.5 Å². The van der Waals surface area contributed by atoms with Crippen LogP contribution in [0.5, 0.6) is 5.75 Å². The average molecular weight is 459 g/mol. The number of phenolic OH excluding ortho intramolecular Hbond substituents is 1. The quantitative estimate of drug-likeness (QED) is 0.538. The molecule has 1 aliphatic rings. The number of carbonyl (C=O) groups excluding carboxylic acids is 2. The zero-order valence-corrected chi connectivity index (χ0v) is 19.4. The molecule has 0 saturated carbocycles. The highest BCUT2D eigenvalue weighted by Gasteiger charge is 2.24. The lowest BCUT2D eigenvalue weighted by molar-refractivity contribution is -0.120. The van der Waals surface area contributed by atoms with Crippen LogP contribution in [0, 0.1) is 6.92 Å². The summed E-state index contributed by atoms with van der Waals surface area (Å²) in [5.74, 6) is -0.164. The second-order valence-corrected chi connectivity index (χ2v) is 8.58. The molecule has 3 aromatic rings. The summed E-state index contributed by atoms with van der Waals surface area (Å²) in [6, 6.07) is 21.3. The first-order valence-electron chi connectivity index (χ1n) is 11.6. The molecular weight excluding hydrogens is 428 g/mol. The maximum Gasteiger partial charge on any atom is 0.252 e. The molecule has 176 valence electrons. The minimum Gasteiger partial charge on any atom is -0.508 e. The number of Topliss-reactive ketones (excluding diaryl/α,β-unsaturated/α-hetero) is 1. The number of nitrogens with zero attached hydrogens (tertiary/aromatic N) is 1. The number of ether oxygens (including phenoxy) is 1. The smallest absolute Gasteiger partial charge is 0.252 e. The predicted molar refractivity (Wildman–Crippen MR) is 132 cm³/mol. The van der Waals surface area contributed by atoms with Crippen molar-refractivity contribution in [3.63, 3.8) is 0 Å². The zero-order chi connectivity index (χ0) is 23.9. The third-order valence-corrected chi connectivity index (χ3v) is 6.17. The van der Waals surface area contributed by atoms with Crippen LogP contribution in [0.3, 0.4) is 0 Å². The van der Waals surface area contributed by atoms with Crippen LogP contribution in [0.2, 0.25) is 0 Å². The van der Waals surface area contributed by atoms with Crippen LogP contribution in [0.15, 0.2) is 72.8 Å². The van der Waals surface area contributed by atoms with Crippen molar-refractivity contribution in [2.75, 3.05) is 31.2 Å². The molecule has 0 spiro atoms. The number of anilines is 1. The van der Waals surface area contributed by atoms with Crippen LogP contribution in [-0.4, -0.2) is 49.1 Å². The number of amides is 1. The van der Waals surface area contributed by atoms with Gasteiger partial charge in [-0.2, -0.15) is 0 Å². The molecule has 1 unspecified atom stereocenters. The highest BCUT2D eigenvalue weighted by molar-refractivity contribution is 5.99. The number of hydrogen-bond donors (Lipinski definition) is 2. The van der Waals surface area contributed by atoms with E-state index in [1.54, 1.807) is 30.3 Å². The minimum atomic E-state index is -0.700. The van der Waals surface area contributed by atoms with E-state index in [2.05, 4.69) is 10.2 Å². The van der Waals surface area contributed by atoms with Gasteiger partial charge in [0.25, 0.3) is 5.91 Å². The Balaban J connectivity index is 1.57. The van der Waals surface area contributed by atoms with Crippen LogP contribution < -0.4 is 10.2 Å². The normalized spacial score (nSPS) is 14.4. The van der Waals surface area contributed by atoms with Crippen molar-refractivity contribution in [1.29, 1.82) is 0 Å². The number of benzene rings is 3. The monoisotopic (exact) mass is 458 g/mol. The number of carbonyl (C=O) groups is 2. The largest absolute Gasteiger partial charge is 0.508 e. The number of para-hydroxylation sites is 1. The molecule has 0 bridgehead atoms. The van der Waals surface area contributed by atoms with E-state index in [4.69, 9.17) is 4.74 Å². The summed E-state index contributed by atoms with van der Waals surface area (Å²) in [5.41, 5.74) is 4.25. The van der Waals surface area contributed by atoms with Gasteiger partial charge in [0.1, 0.15) is 5.75 Å². The number of nitrogens with one attached hydrogen (secondary N) is 1. The Morgan fingerprint density at radius 3 is 2.38 bits per heavy atom. The van der Waals surface area contributed by atoms with Crippen LogP contribution in [0.1, 0.15) is 27.0 Å². The van der Waals surface area contributed by atoms with Crippen molar-refractivity contribution in [3.05, 3.63) is 95.1 Å². The molecular formula is C28H30N2O4. The predicted octanol–water partition coefficient (Wildman–Crippen LogP) is 3.69. The molecule has 0 aromatic heterocycles. The molecule has 1 heterocycles. The topological polar surface area (TPSA) is 78.9 Å². The van der Waals surface area contributed by atoms with Gasteiger partial charge >= 0.3 is 0 Å². The average Bonchev–Trinajstić information content (AvgIpc) is 2.86. The maximum atomic E-state index is 13.6. The molecule has 6 heteroatoms. The van der Waals surface area contributed by atoms with Crippen molar-refractivity contribution < 1.29 is 19.4 Å².